The molecule has 0 aromatic rings. The van der Waals surface area contributed by atoms with Crippen LogP contribution < -0.4 is 5.32 Å². The van der Waals surface area contributed by atoms with Gasteiger partial charge in [-0.3, -0.25) is 9.69 Å². The molecule has 1 saturated carbocycles. The van der Waals surface area contributed by atoms with Gasteiger partial charge in [-0.1, -0.05) is 0 Å². The molecule has 19 heavy (non-hydrogen) atoms. The van der Waals surface area contributed by atoms with Crippen molar-refractivity contribution in [3.8, 4) is 0 Å². The maximum absolute atomic E-state index is 12.2. The van der Waals surface area contributed by atoms with E-state index in [0.29, 0.717) is 25.2 Å². The van der Waals surface area contributed by atoms with Crippen LogP contribution in [0.15, 0.2) is 0 Å². The van der Waals surface area contributed by atoms with Gasteiger partial charge in [-0.2, -0.15) is 0 Å². The van der Waals surface area contributed by atoms with E-state index < -0.39 is 0 Å². The van der Waals surface area contributed by atoms with Crippen molar-refractivity contribution in [1.29, 1.82) is 0 Å². The van der Waals surface area contributed by atoms with Crippen molar-refractivity contribution >= 4 is 5.91 Å². The molecule has 5 heteroatoms. The highest BCUT2D eigenvalue weighted by Gasteiger charge is 2.30. The lowest BCUT2D eigenvalue weighted by molar-refractivity contribution is -0.131. The molecule has 1 N–H and O–H groups in total. The van der Waals surface area contributed by atoms with E-state index >= 15 is 0 Å². The van der Waals surface area contributed by atoms with Gasteiger partial charge in [0.25, 0.3) is 0 Å². The molecule has 0 bridgehead atoms. The molecule has 1 saturated heterocycles. The topological polar surface area (TPSA) is 44.8 Å². The Morgan fingerprint density at radius 2 is 2.16 bits per heavy atom. The second kappa shape index (κ2) is 7.22. The van der Waals surface area contributed by atoms with E-state index in [0.717, 1.165) is 19.6 Å². The zero-order chi connectivity index (χ0) is 13.7. The molecule has 110 valence electrons. The number of carbonyl (C=O) groups is 1. The van der Waals surface area contributed by atoms with E-state index in [9.17, 15) is 4.79 Å². The molecule has 0 spiro atoms. The minimum absolute atomic E-state index is 0.247. The normalized spacial score (nSPS) is 23.0. The maximum atomic E-state index is 12.2. The molecule has 2 rings (SSSR count). The summed E-state index contributed by atoms with van der Waals surface area (Å²) in [6.07, 6.45) is 4.81. The fraction of sp³-hybridized carbons (Fsp3) is 0.929. The molecule has 1 amide bonds. The van der Waals surface area contributed by atoms with E-state index in [1.54, 1.807) is 7.11 Å². The highest BCUT2D eigenvalue weighted by molar-refractivity contribution is 5.78. The Kier molecular flexibility index (Phi) is 5.60. The first-order valence-corrected chi connectivity index (χ1v) is 7.41. The lowest BCUT2D eigenvalue weighted by atomic mass is 10.2. The van der Waals surface area contributed by atoms with E-state index in [2.05, 4.69) is 10.2 Å². The van der Waals surface area contributed by atoms with Gasteiger partial charge in [0.05, 0.1) is 13.2 Å². The molecule has 1 aliphatic carbocycles. The van der Waals surface area contributed by atoms with Crippen LogP contribution in [-0.2, 0) is 9.53 Å². The standard InChI is InChI=1S/C14H27N3O2/c1-16(13-5-6-13)14(18)11-17(8-9-19-2)10-12-4-3-7-15-12/h12-13,15H,3-11H2,1-2H3. The molecule has 2 fully saturated rings. The Morgan fingerprint density at radius 1 is 1.37 bits per heavy atom. The Balaban J connectivity index is 1.79. The minimum Gasteiger partial charge on any atom is -0.383 e. The van der Waals surface area contributed by atoms with Crippen LogP contribution in [0.1, 0.15) is 25.7 Å². The molecule has 2 aliphatic rings. The number of hydrogen-bond donors (Lipinski definition) is 1. The van der Waals surface area contributed by atoms with E-state index in [4.69, 9.17) is 4.74 Å². The largest absolute Gasteiger partial charge is 0.383 e. The van der Waals surface area contributed by atoms with Gasteiger partial charge in [0.15, 0.2) is 0 Å². The second-order valence-electron chi connectivity index (χ2n) is 5.76. The number of amides is 1. The van der Waals surface area contributed by atoms with Crippen molar-refractivity contribution in [3.05, 3.63) is 0 Å². The quantitative estimate of drug-likeness (QED) is 0.689. The Hall–Kier alpha value is -0.650. The van der Waals surface area contributed by atoms with Gasteiger partial charge in [-0.05, 0) is 32.2 Å². The van der Waals surface area contributed by atoms with Gasteiger partial charge in [0, 0.05) is 39.3 Å². The molecule has 0 radical (unpaired) electrons. The maximum Gasteiger partial charge on any atom is 0.236 e. The SMILES string of the molecule is COCCN(CC(=O)N(C)C1CC1)CC1CCCN1. The number of rotatable bonds is 8. The Labute approximate surface area is 116 Å². The van der Waals surface area contributed by atoms with E-state index in [-0.39, 0.29) is 5.91 Å². The molecule has 1 atom stereocenters. The molecule has 1 aliphatic heterocycles. The summed E-state index contributed by atoms with van der Waals surface area (Å²) >= 11 is 0. The number of likely N-dealkylation sites (N-methyl/N-ethyl adjacent to an activating group) is 1. The first-order valence-electron chi connectivity index (χ1n) is 7.41. The van der Waals surface area contributed by atoms with Gasteiger partial charge in [0.1, 0.15) is 0 Å². The van der Waals surface area contributed by atoms with Crippen LogP contribution in [0.3, 0.4) is 0 Å². The van der Waals surface area contributed by atoms with Crippen LogP contribution in [0.25, 0.3) is 0 Å². The summed E-state index contributed by atoms with van der Waals surface area (Å²) in [5, 5.41) is 3.49. The van der Waals surface area contributed by atoms with Gasteiger partial charge >= 0.3 is 0 Å². The molecular formula is C14H27N3O2. The number of nitrogens with zero attached hydrogens (tertiary/aromatic N) is 2. The summed E-state index contributed by atoms with van der Waals surface area (Å²) in [4.78, 5) is 16.3. The summed E-state index contributed by atoms with van der Waals surface area (Å²) in [7, 11) is 3.65. The molecule has 5 nitrogen and oxygen atoms in total. The molecule has 0 aromatic carbocycles. The highest BCUT2D eigenvalue weighted by atomic mass is 16.5. The lowest BCUT2D eigenvalue weighted by Crippen LogP contribution is -2.45. The average molecular weight is 269 g/mol. The fourth-order valence-corrected chi connectivity index (χ4v) is 2.65. The third-order valence-corrected chi connectivity index (χ3v) is 4.10. The zero-order valence-electron chi connectivity index (χ0n) is 12.2. The molecule has 1 heterocycles. The third-order valence-electron chi connectivity index (χ3n) is 4.10. The number of hydrogen-bond acceptors (Lipinski definition) is 4. The van der Waals surface area contributed by atoms with Crippen molar-refractivity contribution in [2.75, 3.05) is 46.9 Å². The molecular weight excluding hydrogens is 242 g/mol. The molecule has 0 aromatic heterocycles. The number of carbonyl (C=O) groups excluding carboxylic acids is 1. The number of nitrogens with one attached hydrogen (secondary N) is 1. The predicted octanol–water partition coefficient (Wildman–Crippen LogP) is 0.308. The predicted molar refractivity (Wildman–Crippen MR) is 75.1 cm³/mol. The van der Waals surface area contributed by atoms with Crippen molar-refractivity contribution < 1.29 is 9.53 Å². The fourth-order valence-electron chi connectivity index (χ4n) is 2.65. The highest BCUT2D eigenvalue weighted by Crippen LogP contribution is 2.25. The number of ether oxygens (including phenoxy) is 1. The van der Waals surface area contributed by atoms with Crippen LogP contribution in [0.5, 0.6) is 0 Å². The van der Waals surface area contributed by atoms with Crippen molar-refractivity contribution in [2.45, 2.75) is 37.8 Å². The Bertz CT molecular complexity index is 288. The Morgan fingerprint density at radius 3 is 2.74 bits per heavy atom. The summed E-state index contributed by atoms with van der Waals surface area (Å²) < 4.78 is 5.15. The minimum atomic E-state index is 0.247. The monoisotopic (exact) mass is 269 g/mol. The number of methoxy groups -OCH3 is 1. The first kappa shape index (κ1) is 14.8. The smallest absolute Gasteiger partial charge is 0.236 e. The summed E-state index contributed by atoms with van der Waals surface area (Å²) in [6, 6.07) is 1.04. The first-order chi connectivity index (χ1) is 9.20. The average Bonchev–Trinajstić information content (AvgIpc) is 3.13. The van der Waals surface area contributed by atoms with Crippen LogP contribution >= 0.6 is 0 Å². The van der Waals surface area contributed by atoms with Crippen molar-refractivity contribution in [2.24, 2.45) is 0 Å². The zero-order valence-corrected chi connectivity index (χ0v) is 12.2. The van der Waals surface area contributed by atoms with Crippen LogP contribution in [0, 0.1) is 0 Å². The second-order valence-corrected chi connectivity index (χ2v) is 5.76. The summed E-state index contributed by atoms with van der Waals surface area (Å²) in [6.45, 7) is 4.10. The summed E-state index contributed by atoms with van der Waals surface area (Å²) in [5.74, 6) is 0.247. The van der Waals surface area contributed by atoms with E-state index in [1.807, 2.05) is 11.9 Å². The molecule has 1 unspecified atom stereocenters. The van der Waals surface area contributed by atoms with Crippen molar-refractivity contribution in [3.63, 3.8) is 0 Å². The van der Waals surface area contributed by atoms with Crippen LogP contribution in [0.4, 0.5) is 0 Å². The van der Waals surface area contributed by atoms with Gasteiger partial charge in [0.2, 0.25) is 5.91 Å². The summed E-state index contributed by atoms with van der Waals surface area (Å²) in [5.41, 5.74) is 0. The van der Waals surface area contributed by atoms with E-state index in [1.165, 1.54) is 25.7 Å². The lowest BCUT2D eigenvalue weighted by Gasteiger charge is -2.27. The van der Waals surface area contributed by atoms with Crippen LogP contribution in [0.2, 0.25) is 0 Å². The van der Waals surface area contributed by atoms with Gasteiger partial charge in [-0.25, -0.2) is 0 Å². The van der Waals surface area contributed by atoms with Crippen molar-refractivity contribution in [1.82, 2.24) is 15.1 Å². The van der Waals surface area contributed by atoms with Crippen LogP contribution in [-0.4, -0.2) is 74.7 Å². The van der Waals surface area contributed by atoms with Gasteiger partial charge < -0.3 is 15.0 Å². The third kappa shape index (κ3) is 4.75. The van der Waals surface area contributed by atoms with Gasteiger partial charge in [-0.15, -0.1) is 0 Å².